The van der Waals surface area contributed by atoms with E-state index < -0.39 is 0 Å². The van der Waals surface area contributed by atoms with Crippen LogP contribution in [0.25, 0.3) is 22.2 Å². The standard InChI is InChI=1S/C27H31N7O2S/c1-33(2)12-13-34(3)24-16-25(36-4)23(15-22(24)30-26(35)10-14-37)32-27-28-11-9-21(31-27)19-17-29-20-8-6-5-7-18(19)20/h5-11,14-17,29,37H,12-13H2,1-4H3,(H,30,35)(H,28,31,32)/b14-10-. The van der Waals surface area contributed by atoms with Gasteiger partial charge in [-0.25, -0.2) is 9.97 Å². The van der Waals surface area contributed by atoms with Crippen LogP contribution in [0.2, 0.25) is 0 Å². The van der Waals surface area contributed by atoms with E-state index in [4.69, 9.17) is 9.72 Å². The van der Waals surface area contributed by atoms with Gasteiger partial charge in [-0.3, -0.25) is 4.79 Å². The van der Waals surface area contributed by atoms with Gasteiger partial charge in [-0.15, -0.1) is 0 Å². The van der Waals surface area contributed by atoms with Crippen LogP contribution in [0.5, 0.6) is 5.75 Å². The Kier molecular flexibility index (Phi) is 8.32. The molecule has 0 saturated carbocycles. The summed E-state index contributed by atoms with van der Waals surface area (Å²) < 4.78 is 5.70. The molecule has 9 nitrogen and oxygen atoms in total. The largest absolute Gasteiger partial charge is 0.494 e. The van der Waals surface area contributed by atoms with Gasteiger partial charge in [0, 0.05) is 61.1 Å². The molecule has 0 radical (unpaired) electrons. The Balaban J connectivity index is 1.69. The highest BCUT2D eigenvalue weighted by molar-refractivity contribution is 7.83. The minimum atomic E-state index is -0.286. The average molecular weight is 518 g/mol. The molecule has 0 aliphatic heterocycles. The molecule has 0 atom stereocenters. The molecule has 1 amide bonds. The zero-order chi connectivity index (χ0) is 26.4. The zero-order valence-corrected chi connectivity index (χ0v) is 22.2. The Morgan fingerprint density at radius 1 is 1.14 bits per heavy atom. The number of aromatic nitrogens is 3. The maximum atomic E-state index is 12.4. The number of rotatable bonds is 10. The van der Waals surface area contributed by atoms with Gasteiger partial charge in [0.05, 0.1) is 29.9 Å². The number of H-pyrrole nitrogens is 1. The molecule has 3 N–H and O–H groups in total. The molecule has 37 heavy (non-hydrogen) atoms. The summed E-state index contributed by atoms with van der Waals surface area (Å²) in [5.74, 6) is 0.712. The number of likely N-dealkylation sites (N-methyl/N-ethyl adjacent to an activating group) is 2. The third-order valence-electron chi connectivity index (χ3n) is 5.86. The molecule has 192 valence electrons. The molecule has 0 aliphatic carbocycles. The Hall–Kier alpha value is -4.02. The first kappa shape index (κ1) is 26.1. The van der Waals surface area contributed by atoms with Crippen molar-refractivity contribution < 1.29 is 9.53 Å². The third kappa shape index (κ3) is 6.22. The molecule has 0 saturated heterocycles. The predicted octanol–water partition coefficient (Wildman–Crippen LogP) is 4.76. The minimum absolute atomic E-state index is 0.286. The molecule has 2 aromatic carbocycles. The molecule has 0 bridgehead atoms. The molecule has 2 heterocycles. The molecule has 4 rings (SSSR count). The second kappa shape index (κ2) is 11.8. The fourth-order valence-electron chi connectivity index (χ4n) is 3.94. The Bertz CT molecular complexity index is 1420. The quantitative estimate of drug-likeness (QED) is 0.178. The smallest absolute Gasteiger partial charge is 0.248 e. The van der Waals surface area contributed by atoms with Gasteiger partial charge in [0.25, 0.3) is 0 Å². The third-order valence-corrected chi connectivity index (χ3v) is 6.01. The summed E-state index contributed by atoms with van der Waals surface area (Å²) in [5.41, 5.74) is 4.86. The van der Waals surface area contributed by atoms with Gasteiger partial charge < -0.3 is 30.2 Å². The van der Waals surface area contributed by atoms with Crippen molar-refractivity contribution in [2.45, 2.75) is 0 Å². The number of thiol groups is 1. The van der Waals surface area contributed by atoms with Crippen LogP contribution in [0.4, 0.5) is 23.0 Å². The Labute approximate surface area is 222 Å². The van der Waals surface area contributed by atoms with Crippen LogP contribution in [0.1, 0.15) is 0 Å². The van der Waals surface area contributed by atoms with Crippen LogP contribution in [0.15, 0.2) is 66.3 Å². The molecule has 4 aromatic rings. The summed E-state index contributed by atoms with van der Waals surface area (Å²) in [7, 11) is 7.62. The summed E-state index contributed by atoms with van der Waals surface area (Å²) in [6.07, 6.45) is 5.01. The van der Waals surface area contributed by atoms with Crippen molar-refractivity contribution in [2.24, 2.45) is 0 Å². The normalized spacial score (nSPS) is 11.3. The van der Waals surface area contributed by atoms with Crippen molar-refractivity contribution in [1.29, 1.82) is 0 Å². The van der Waals surface area contributed by atoms with Gasteiger partial charge in [-0.05, 0) is 37.7 Å². The van der Waals surface area contributed by atoms with Gasteiger partial charge in [0.2, 0.25) is 11.9 Å². The predicted molar refractivity (Wildman–Crippen MR) is 154 cm³/mol. The first-order valence-corrected chi connectivity index (χ1v) is 12.3. The lowest BCUT2D eigenvalue weighted by Crippen LogP contribution is -2.29. The lowest BCUT2D eigenvalue weighted by Gasteiger charge is -2.26. The van der Waals surface area contributed by atoms with Crippen molar-refractivity contribution in [3.63, 3.8) is 0 Å². The van der Waals surface area contributed by atoms with Gasteiger partial charge in [0.1, 0.15) is 5.75 Å². The second-order valence-corrected chi connectivity index (χ2v) is 9.04. The number of benzene rings is 2. The molecule has 0 spiro atoms. The molecule has 0 unspecified atom stereocenters. The first-order valence-electron chi connectivity index (χ1n) is 11.8. The maximum absolute atomic E-state index is 12.4. The molecule has 0 aliphatic rings. The first-order chi connectivity index (χ1) is 17.9. The molecule has 0 fully saturated rings. The number of ether oxygens (including phenoxy) is 1. The molecular formula is C27H31N7O2S. The van der Waals surface area contributed by atoms with Crippen LogP contribution in [0, 0.1) is 0 Å². The van der Waals surface area contributed by atoms with E-state index >= 15 is 0 Å². The van der Waals surface area contributed by atoms with E-state index in [0.717, 1.165) is 40.9 Å². The highest BCUT2D eigenvalue weighted by atomic mass is 32.1. The van der Waals surface area contributed by atoms with E-state index in [-0.39, 0.29) is 5.91 Å². The van der Waals surface area contributed by atoms with Crippen molar-refractivity contribution in [2.75, 3.05) is 56.9 Å². The van der Waals surface area contributed by atoms with E-state index in [9.17, 15) is 4.79 Å². The Morgan fingerprint density at radius 3 is 2.70 bits per heavy atom. The van der Waals surface area contributed by atoms with E-state index in [1.807, 2.05) is 63.7 Å². The number of anilines is 4. The lowest BCUT2D eigenvalue weighted by molar-refractivity contribution is -0.111. The SMILES string of the molecule is COc1cc(N(C)CCN(C)C)c(NC(=O)/C=C\S)cc1Nc1nccc(-c2c[nH]c3ccccc23)n1. The van der Waals surface area contributed by atoms with Crippen molar-refractivity contribution in [3.8, 4) is 17.0 Å². The highest BCUT2D eigenvalue weighted by Gasteiger charge is 2.17. The second-order valence-electron chi connectivity index (χ2n) is 8.74. The van der Waals surface area contributed by atoms with Gasteiger partial charge in [-0.2, -0.15) is 12.6 Å². The van der Waals surface area contributed by atoms with Crippen molar-refractivity contribution in [1.82, 2.24) is 19.9 Å². The van der Waals surface area contributed by atoms with Crippen LogP contribution in [-0.4, -0.2) is 67.1 Å². The van der Waals surface area contributed by atoms with E-state index in [0.29, 0.717) is 23.1 Å². The molecule has 2 aromatic heterocycles. The van der Waals surface area contributed by atoms with Crippen LogP contribution < -0.4 is 20.3 Å². The molecular weight excluding hydrogens is 486 g/mol. The van der Waals surface area contributed by atoms with Gasteiger partial charge in [0.15, 0.2) is 0 Å². The van der Waals surface area contributed by atoms with E-state index in [2.05, 4.69) is 49.1 Å². The topological polar surface area (TPSA) is 98.4 Å². The average Bonchev–Trinajstić information content (AvgIpc) is 3.32. The number of carbonyl (C=O) groups is 1. The van der Waals surface area contributed by atoms with Crippen molar-refractivity contribution >= 4 is 52.4 Å². The number of nitrogens with zero attached hydrogens (tertiary/aromatic N) is 4. The fraction of sp³-hybridized carbons (Fsp3) is 0.222. The number of para-hydroxylation sites is 1. The zero-order valence-electron chi connectivity index (χ0n) is 21.3. The summed E-state index contributed by atoms with van der Waals surface area (Å²) >= 11 is 4.02. The minimum Gasteiger partial charge on any atom is -0.494 e. The fourth-order valence-corrected chi connectivity index (χ4v) is 4.07. The Morgan fingerprint density at radius 2 is 1.95 bits per heavy atom. The number of aromatic amines is 1. The van der Waals surface area contributed by atoms with Crippen LogP contribution in [0.3, 0.4) is 0 Å². The van der Waals surface area contributed by atoms with Crippen molar-refractivity contribution in [3.05, 3.63) is 66.3 Å². The van der Waals surface area contributed by atoms with Crippen LogP contribution >= 0.6 is 12.6 Å². The summed E-state index contributed by atoms with van der Waals surface area (Å²) in [5, 5.41) is 8.69. The number of hydrogen-bond donors (Lipinski definition) is 4. The number of methoxy groups -OCH3 is 1. The number of amides is 1. The lowest BCUT2D eigenvalue weighted by atomic mass is 10.1. The van der Waals surface area contributed by atoms with E-state index in [1.165, 1.54) is 11.5 Å². The molecule has 10 heteroatoms. The van der Waals surface area contributed by atoms with Crippen LogP contribution in [-0.2, 0) is 4.79 Å². The highest BCUT2D eigenvalue weighted by Crippen LogP contribution is 2.38. The summed E-state index contributed by atoms with van der Waals surface area (Å²) in [6.45, 7) is 1.60. The maximum Gasteiger partial charge on any atom is 0.248 e. The number of fused-ring (bicyclic) bond motifs is 1. The summed E-state index contributed by atoms with van der Waals surface area (Å²) in [6, 6.07) is 13.7. The number of nitrogens with one attached hydrogen (secondary N) is 3. The van der Waals surface area contributed by atoms with Gasteiger partial charge in [-0.1, -0.05) is 18.2 Å². The summed E-state index contributed by atoms with van der Waals surface area (Å²) in [4.78, 5) is 29.0. The number of hydrogen-bond acceptors (Lipinski definition) is 8. The van der Waals surface area contributed by atoms with E-state index in [1.54, 1.807) is 13.3 Å². The van der Waals surface area contributed by atoms with Gasteiger partial charge >= 0.3 is 0 Å². The monoisotopic (exact) mass is 517 g/mol. The number of carbonyl (C=O) groups excluding carboxylic acids is 1.